The molecule has 3 aliphatic heterocycles. The van der Waals surface area contributed by atoms with Gasteiger partial charge in [0.05, 0.1) is 0 Å². The van der Waals surface area contributed by atoms with Crippen molar-refractivity contribution in [1.82, 2.24) is 14.8 Å². The van der Waals surface area contributed by atoms with Crippen LogP contribution in [-0.4, -0.2) is 65.6 Å². The van der Waals surface area contributed by atoms with Gasteiger partial charge >= 0.3 is 0 Å². The average molecular weight is 357 g/mol. The Kier molecular flexibility index (Phi) is 5.28. The fourth-order valence-corrected chi connectivity index (χ4v) is 5.25. The molecule has 0 saturated carbocycles. The van der Waals surface area contributed by atoms with Crippen LogP contribution in [0.2, 0.25) is 0 Å². The quantitative estimate of drug-likeness (QED) is 0.834. The van der Waals surface area contributed by atoms with Crippen LogP contribution < -0.4 is 0 Å². The van der Waals surface area contributed by atoms with Crippen LogP contribution in [0.3, 0.4) is 0 Å². The number of carbonyl (C=O) groups excluding carboxylic acids is 1. The van der Waals surface area contributed by atoms with Crippen molar-refractivity contribution in [3.05, 3.63) is 30.1 Å². The minimum Gasteiger partial charge on any atom is -0.381 e. The Morgan fingerprint density at radius 1 is 1.27 bits per heavy atom. The highest BCUT2D eigenvalue weighted by atomic mass is 16.5. The van der Waals surface area contributed by atoms with Gasteiger partial charge in [0.15, 0.2) is 0 Å². The molecule has 0 aliphatic carbocycles. The van der Waals surface area contributed by atoms with Crippen LogP contribution >= 0.6 is 0 Å². The number of piperidine rings is 1. The van der Waals surface area contributed by atoms with Crippen LogP contribution in [0.25, 0.3) is 0 Å². The first-order chi connectivity index (χ1) is 12.7. The van der Waals surface area contributed by atoms with E-state index in [0.717, 1.165) is 38.3 Å². The molecule has 142 valence electrons. The first-order valence-electron chi connectivity index (χ1n) is 10.1. The zero-order chi connectivity index (χ0) is 18.0. The van der Waals surface area contributed by atoms with E-state index < -0.39 is 0 Å². The number of pyridine rings is 1. The van der Waals surface area contributed by atoms with Crippen molar-refractivity contribution in [3.8, 4) is 0 Å². The standard InChI is InChI=1S/C21H31N3O2/c1-17(25)24-16-21(15-20(24)14-18-4-2-3-9-22-18)7-10-23(11-8-21)19-5-12-26-13-6-19/h2-4,9,19-20H,5-8,10-16H2,1H3. The smallest absolute Gasteiger partial charge is 0.219 e. The number of hydrogen-bond donors (Lipinski definition) is 0. The minimum absolute atomic E-state index is 0.217. The number of hydrogen-bond acceptors (Lipinski definition) is 4. The second-order valence-corrected chi connectivity index (χ2v) is 8.41. The van der Waals surface area contributed by atoms with Crippen LogP contribution in [-0.2, 0) is 16.0 Å². The first kappa shape index (κ1) is 17.9. The number of likely N-dealkylation sites (tertiary alicyclic amines) is 2. The molecular formula is C21H31N3O2. The zero-order valence-corrected chi connectivity index (χ0v) is 15.9. The second kappa shape index (κ2) is 7.65. The summed E-state index contributed by atoms with van der Waals surface area (Å²) in [5.74, 6) is 0.217. The summed E-state index contributed by atoms with van der Waals surface area (Å²) in [6.07, 6.45) is 8.64. The van der Waals surface area contributed by atoms with Gasteiger partial charge in [-0.1, -0.05) is 6.07 Å². The summed E-state index contributed by atoms with van der Waals surface area (Å²) in [6, 6.07) is 7.08. The molecule has 5 nitrogen and oxygen atoms in total. The molecule has 26 heavy (non-hydrogen) atoms. The van der Waals surface area contributed by atoms with Crippen molar-refractivity contribution in [3.63, 3.8) is 0 Å². The lowest BCUT2D eigenvalue weighted by atomic mass is 9.75. The van der Waals surface area contributed by atoms with E-state index in [-0.39, 0.29) is 5.91 Å². The lowest BCUT2D eigenvalue weighted by Gasteiger charge is -2.43. The summed E-state index contributed by atoms with van der Waals surface area (Å²) in [6.45, 7) is 6.83. The molecule has 4 heterocycles. The topological polar surface area (TPSA) is 45.7 Å². The van der Waals surface area contributed by atoms with Crippen LogP contribution in [0, 0.1) is 5.41 Å². The van der Waals surface area contributed by atoms with Gasteiger partial charge in [0.2, 0.25) is 5.91 Å². The van der Waals surface area contributed by atoms with Gasteiger partial charge in [-0.25, -0.2) is 0 Å². The van der Waals surface area contributed by atoms with Crippen molar-refractivity contribution >= 4 is 5.91 Å². The van der Waals surface area contributed by atoms with Crippen molar-refractivity contribution in [2.24, 2.45) is 5.41 Å². The third-order valence-electron chi connectivity index (χ3n) is 6.76. The van der Waals surface area contributed by atoms with Gasteiger partial charge in [0, 0.05) is 57.1 Å². The van der Waals surface area contributed by atoms with Gasteiger partial charge in [-0.3, -0.25) is 9.78 Å². The average Bonchev–Trinajstić information content (AvgIpc) is 3.02. The minimum atomic E-state index is 0.217. The predicted octanol–water partition coefficient (Wildman–Crippen LogP) is 2.51. The molecule has 1 aromatic rings. The van der Waals surface area contributed by atoms with E-state index in [1.54, 1.807) is 6.92 Å². The van der Waals surface area contributed by atoms with Crippen LogP contribution in [0.4, 0.5) is 0 Å². The van der Waals surface area contributed by atoms with Gasteiger partial charge < -0.3 is 14.5 Å². The second-order valence-electron chi connectivity index (χ2n) is 8.41. The fraction of sp³-hybridized carbons (Fsp3) is 0.714. The Morgan fingerprint density at radius 2 is 2.04 bits per heavy atom. The van der Waals surface area contributed by atoms with E-state index in [0.29, 0.717) is 17.5 Å². The van der Waals surface area contributed by atoms with E-state index in [1.807, 2.05) is 18.3 Å². The Hall–Kier alpha value is -1.46. The maximum Gasteiger partial charge on any atom is 0.219 e. The van der Waals surface area contributed by atoms with Crippen molar-refractivity contribution < 1.29 is 9.53 Å². The number of nitrogens with zero attached hydrogens (tertiary/aromatic N) is 3. The Bertz CT molecular complexity index is 607. The monoisotopic (exact) mass is 357 g/mol. The molecule has 1 spiro atoms. The number of amides is 1. The van der Waals surface area contributed by atoms with Crippen molar-refractivity contribution in [2.75, 3.05) is 32.8 Å². The maximum absolute atomic E-state index is 12.3. The third kappa shape index (κ3) is 3.79. The number of aromatic nitrogens is 1. The van der Waals surface area contributed by atoms with Gasteiger partial charge in [-0.2, -0.15) is 0 Å². The van der Waals surface area contributed by atoms with E-state index in [1.165, 1.54) is 38.8 Å². The van der Waals surface area contributed by atoms with Gasteiger partial charge in [-0.05, 0) is 62.7 Å². The lowest BCUT2D eigenvalue weighted by Crippen LogP contribution is -2.48. The summed E-state index contributed by atoms with van der Waals surface area (Å²) in [5.41, 5.74) is 1.41. The third-order valence-corrected chi connectivity index (χ3v) is 6.76. The summed E-state index contributed by atoms with van der Waals surface area (Å²) >= 11 is 0. The van der Waals surface area contributed by atoms with Crippen LogP contribution in [0.15, 0.2) is 24.4 Å². The Balaban J connectivity index is 1.40. The molecule has 3 fully saturated rings. The molecule has 0 N–H and O–H groups in total. The number of rotatable bonds is 3. The lowest BCUT2D eigenvalue weighted by molar-refractivity contribution is -0.130. The van der Waals surface area contributed by atoms with E-state index in [2.05, 4.69) is 20.9 Å². The number of ether oxygens (including phenoxy) is 1. The summed E-state index contributed by atoms with van der Waals surface area (Å²) in [4.78, 5) is 21.6. The van der Waals surface area contributed by atoms with E-state index in [9.17, 15) is 4.79 Å². The summed E-state index contributed by atoms with van der Waals surface area (Å²) in [7, 11) is 0. The van der Waals surface area contributed by atoms with Crippen LogP contribution in [0.5, 0.6) is 0 Å². The summed E-state index contributed by atoms with van der Waals surface area (Å²) < 4.78 is 5.52. The SMILES string of the molecule is CC(=O)N1CC2(CCN(C3CCOCC3)CC2)CC1Cc1ccccn1. The first-order valence-corrected chi connectivity index (χ1v) is 10.1. The highest BCUT2D eigenvalue weighted by Crippen LogP contribution is 2.44. The molecule has 1 unspecified atom stereocenters. The number of carbonyl (C=O) groups is 1. The molecule has 3 saturated heterocycles. The molecule has 0 aromatic carbocycles. The predicted molar refractivity (Wildman–Crippen MR) is 101 cm³/mol. The largest absolute Gasteiger partial charge is 0.381 e. The van der Waals surface area contributed by atoms with Crippen molar-refractivity contribution in [1.29, 1.82) is 0 Å². The van der Waals surface area contributed by atoms with Gasteiger partial charge in [0.25, 0.3) is 0 Å². The maximum atomic E-state index is 12.3. The molecular weight excluding hydrogens is 326 g/mol. The highest BCUT2D eigenvalue weighted by Gasteiger charge is 2.47. The highest BCUT2D eigenvalue weighted by molar-refractivity contribution is 5.74. The molecule has 4 rings (SSSR count). The fourth-order valence-electron chi connectivity index (χ4n) is 5.25. The molecule has 1 aromatic heterocycles. The Morgan fingerprint density at radius 3 is 2.69 bits per heavy atom. The van der Waals surface area contributed by atoms with Gasteiger partial charge in [0.1, 0.15) is 0 Å². The summed E-state index contributed by atoms with van der Waals surface area (Å²) in [5, 5.41) is 0. The molecule has 3 aliphatic rings. The molecule has 1 atom stereocenters. The van der Waals surface area contributed by atoms with E-state index >= 15 is 0 Å². The zero-order valence-electron chi connectivity index (χ0n) is 15.9. The normalized spacial score (nSPS) is 27.1. The van der Waals surface area contributed by atoms with Crippen molar-refractivity contribution in [2.45, 2.75) is 57.5 Å². The molecule has 0 radical (unpaired) electrons. The molecule has 5 heteroatoms. The molecule has 1 amide bonds. The van der Waals surface area contributed by atoms with Crippen LogP contribution in [0.1, 0.15) is 44.7 Å². The van der Waals surface area contributed by atoms with E-state index in [4.69, 9.17) is 4.74 Å². The van der Waals surface area contributed by atoms with Gasteiger partial charge in [-0.15, -0.1) is 0 Å². The Labute approximate surface area is 156 Å². The molecule has 0 bridgehead atoms.